The molecule has 0 aliphatic rings. The van der Waals surface area contributed by atoms with E-state index in [2.05, 4.69) is 5.32 Å². The molecule has 4 heteroatoms. The molecule has 0 fully saturated rings. The number of amides is 1. The van der Waals surface area contributed by atoms with Crippen LogP contribution in [0, 0.1) is 5.82 Å². The minimum Gasteiger partial charge on any atom is -0.321 e. The number of anilines is 1. The van der Waals surface area contributed by atoms with Crippen LogP contribution in [0.5, 0.6) is 0 Å². The van der Waals surface area contributed by atoms with E-state index in [1.54, 1.807) is 30.0 Å². The monoisotopic (exact) mass is 349 g/mol. The van der Waals surface area contributed by atoms with Crippen LogP contribution in [0.3, 0.4) is 0 Å². The van der Waals surface area contributed by atoms with Gasteiger partial charge < -0.3 is 5.32 Å². The van der Waals surface area contributed by atoms with Crippen LogP contribution >= 0.6 is 11.8 Å². The normalized spacial score (nSPS) is 10.8. The van der Waals surface area contributed by atoms with E-state index in [0.717, 1.165) is 21.0 Å². The zero-order valence-corrected chi connectivity index (χ0v) is 14.2. The Kier molecular flexibility index (Phi) is 5.65. The summed E-state index contributed by atoms with van der Waals surface area (Å²) in [5.74, 6) is -0.529. The molecule has 124 valence electrons. The first-order valence-corrected chi connectivity index (χ1v) is 8.59. The summed E-state index contributed by atoms with van der Waals surface area (Å²) in [6, 6.07) is 23.6. The van der Waals surface area contributed by atoms with Crippen molar-refractivity contribution in [3.05, 3.63) is 96.3 Å². The lowest BCUT2D eigenvalue weighted by molar-refractivity contribution is -0.111. The van der Waals surface area contributed by atoms with Gasteiger partial charge in [0.25, 0.3) is 0 Å². The van der Waals surface area contributed by atoms with E-state index in [9.17, 15) is 9.18 Å². The predicted octanol–water partition coefficient (Wildman–Crippen LogP) is 5.63. The second-order valence-electron chi connectivity index (χ2n) is 5.29. The minimum absolute atomic E-state index is 0.231. The maximum atomic E-state index is 12.9. The molecule has 0 bridgehead atoms. The molecule has 0 unspecified atom stereocenters. The third-order valence-corrected chi connectivity index (χ3v) is 4.50. The number of carbonyl (C=O) groups is 1. The SMILES string of the molecule is O=C(/C=C/c1ccc(F)cc1)Nc1ccccc1Sc1ccccc1. The summed E-state index contributed by atoms with van der Waals surface area (Å²) in [6.07, 6.45) is 3.10. The smallest absolute Gasteiger partial charge is 0.248 e. The molecule has 0 aliphatic carbocycles. The fourth-order valence-electron chi connectivity index (χ4n) is 2.19. The maximum absolute atomic E-state index is 12.9. The number of nitrogens with one attached hydrogen (secondary N) is 1. The lowest BCUT2D eigenvalue weighted by Crippen LogP contribution is -2.08. The molecule has 0 atom stereocenters. The Morgan fingerprint density at radius 2 is 1.56 bits per heavy atom. The summed E-state index contributed by atoms with van der Waals surface area (Å²) < 4.78 is 12.9. The summed E-state index contributed by atoms with van der Waals surface area (Å²) in [4.78, 5) is 14.2. The van der Waals surface area contributed by atoms with Crippen molar-refractivity contribution in [1.29, 1.82) is 0 Å². The van der Waals surface area contributed by atoms with Crippen LogP contribution in [0.2, 0.25) is 0 Å². The Labute approximate surface area is 150 Å². The second-order valence-corrected chi connectivity index (χ2v) is 6.40. The third-order valence-electron chi connectivity index (χ3n) is 3.41. The molecule has 0 saturated carbocycles. The van der Waals surface area contributed by atoms with Crippen LogP contribution in [-0.4, -0.2) is 5.91 Å². The number of rotatable bonds is 5. The lowest BCUT2D eigenvalue weighted by atomic mass is 10.2. The van der Waals surface area contributed by atoms with E-state index in [1.165, 1.54) is 18.2 Å². The van der Waals surface area contributed by atoms with E-state index in [4.69, 9.17) is 0 Å². The van der Waals surface area contributed by atoms with Gasteiger partial charge in [0.1, 0.15) is 5.82 Å². The highest BCUT2D eigenvalue weighted by molar-refractivity contribution is 7.99. The van der Waals surface area contributed by atoms with E-state index >= 15 is 0 Å². The standard InChI is InChI=1S/C21H16FNOS/c22-17-13-10-16(11-14-17)12-15-21(24)23-19-8-4-5-9-20(19)25-18-6-2-1-3-7-18/h1-15H,(H,23,24)/b15-12+. The van der Waals surface area contributed by atoms with Crippen molar-refractivity contribution in [2.45, 2.75) is 9.79 Å². The average molecular weight is 349 g/mol. The van der Waals surface area contributed by atoms with Crippen molar-refractivity contribution in [2.24, 2.45) is 0 Å². The second kappa shape index (κ2) is 8.31. The molecule has 3 aromatic rings. The van der Waals surface area contributed by atoms with Crippen molar-refractivity contribution < 1.29 is 9.18 Å². The Morgan fingerprint density at radius 3 is 2.32 bits per heavy atom. The topological polar surface area (TPSA) is 29.1 Å². The van der Waals surface area contributed by atoms with Crippen LogP contribution < -0.4 is 5.32 Å². The van der Waals surface area contributed by atoms with Gasteiger partial charge in [-0.3, -0.25) is 4.79 Å². The zero-order chi connectivity index (χ0) is 17.5. The molecule has 3 aromatic carbocycles. The van der Waals surface area contributed by atoms with Crippen molar-refractivity contribution in [2.75, 3.05) is 5.32 Å². The molecule has 1 N–H and O–H groups in total. The molecular formula is C21H16FNOS. The molecule has 0 aliphatic heterocycles. The Morgan fingerprint density at radius 1 is 0.880 bits per heavy atom. The molecule has 0 radical (unpaired) electrons. The molecule has 0 spiro atoms. The van der Waals surface area contributed by atoms with Gasteiger partial charge >= 0.3 is 0 Å². The first-order chi connectivity index (χ1) is 12.2. The summed E-state index contributed by atoms with van der Waals surface area (Å²) in [6.45, 7) is 0. The summed E-state index contributed by atoms with van der Waals surface area (Å²) in [7, 11) is 0. The first-order valence-electron chi connectivity index (χ1n) is 7.77. The molecular weight excluding hydrogens is 333 g/mol. The highest BCUT2D eigenvalue weighted by Gasteiger charge is 2.06. The van der Waals surface area contributed by atoms with Crippen molar-refractivity contribution in [1.82, 2.24) is 0 Å². The lowest BCUT2D eigenvalue weighted by Gasteiger charge is -2.09. The summed E-state index contributed by atoms with van der Waals surface area (Å²) in [5.41, 5.74) is 1.52. The van der Waals surface area contributed by atoms with Crippen molar-refractivity contribution >= 4 is 29.4 Å². The fourth-order valence-corrected chi connectivity index (χ4v) is 3.12. The molecule has 0 saturated heterocycles. The molecule has 1 amide bonds. The quantitative estimate of drug-likeness (QED) is 0.605. The summed E-state index contributed by atoms with van der Waals surface area (Å²) >= 11 is 1.59. The highest BCUT2D eigenvalue weighted by atomic mass is 32.2. The van der Waals surface area contributed by atoms with E-state index < -0.39 is 0 Å². The Balaban J connectivity index is 1.70. The van der Waals surface area contributed by atoms with Gasteiger partial charge in [-0.05, 0) is 48.0 Å². The van der Waals surface area contributed by atoms with Gasteiger partial charge in [0.05, 0.1) is 5.69 Å². The van der Waals surface area contributed by atoms with Crippen LogP contribution in [0.1, 0.15) is 5.56 Å². The van der Waals surface area contributed by atoms with Gasteiger partial charge in [0.2, 0.25) is 5.91 Å². The summed E-state index contributed by atoms with van der Waals surface area (Å²) in [5, 5.41) is 2.89. The van der Waals surface area contributed by atoms with E-state index in [-0.39, 0.29) is 11.7 Å². The molecule has 25 heavy (non-hydrogen) atoms. The Bertz CT molecular complexity index is 876. The third kappa shape index (κ3) is 5.06. The number of carbonyl (C=O) groups excluding carboxylic acids is 1. The van der Waals surface area contributed by atoms with Crippen molar-refractivity contribution in [3.63, 3.8) is 0 Å². The fraction of sp³-hybridized carbons (Fsp3) is 0. The largest absolute Gasteiger partial charge is 0.321 e. The number of benzene rings is 3. The van der Waals surface area contributed by atoms with Gasteiger partial charge in [-0.25, -0.2) is 4.39 Å². The molecule has 2 nitrogen and oxygen atoms in total. The van der Waals surface area contributed by atoms with E-state index in [1.807, 2.05) is 54.6 Å². The first kappa shape index (κ1) is 17.0. The predicted molar refractivity (Wildman–Crippen MR) is 101 cm³/mol. The average Bonchev–Trinajstić information content (AvgIpc) is 2.64. The van der Waals surface area contributed by atoms with Gasteiger partial charge in [-0.1, -0.05) is 54.2 Å². The molecule has 0 heterocycles. The molecule has 3 rings (SSSR count). The maximum Gasteiger partial charge on any atom is 0.248 e. The van der Waals surface area contributed by atoms with Crippen LogP contribution in [0.4, 0.5) is 10.1 Å². The van der Waals surface area contributed by atoms with Gasteiger partial charge in [0, 0.05) is 15.9 Å². The van der Waals surface area contributed by atoms with Crippen molar-refractivity contribution in [3.8, 4) is 0 Å². The highest BCUT2D eigenvalue weighted by Crippen LogP contribution is 2.33. The minimum atomic E-state index is -0.298. The van der Waals surface area contributed by atoms with Crippen LogP contribution in [-0.2, 0) is 4.79 Å². The Hall–Kier alpha value is -2.85. The van der Waals surface area contributed by atoms with Crippen LogP contribution in [0.25, 0.3) is 6.08 Å². The zero-order valence-electron chi connectivity index (χ0n) is 13.4. The van der Waals surface area contributed by atoms with Gasteiger partial charge in [-0.2, -0.15) is 0 Å². The molecule has 0 aromatic heterocycles. The number of para-hydroxylation sites is 1. The number of halogens is 1. The number of hydrogen-bond donors (Lipinski definition) is 1. The van der Waals surface area contributed by atoms with E-state index in [0.29, 0.717) is 0 Å². The van der Waals surface area contributed by atoms with Gasteiger partial charge in [0.15, 0.2) is 0 Å². The van der Waals surface area contributed by atoms with Gasteiger partial charge in [-0.15, -0.1) is 0 Å². The number of hydrogen-bond acceptors (Lipinski definition) is 2. The van der Waals surface area contributed by atoms with Crippen LogP contribution in [0.15, 0.2) is 94.7 Å².